The van der Waals surface area contributed by atoms with Gasteiger partial charge in [0.2, 0.25) is 5.91 Å². The predicted molar refractivity (Wildman–Crippen MR) is 84.4 cm³/mol. The Hall–Kier alpha value is -2.08. The van der Waals surface area contributed by atoms with E-state index in [1.165, 1.54) is 0 Å². The lowest BCUT2D eigenvalue weighted by molar-refractivity contribution is -0.124. The van der Waals surface area contributed by atoms with Crippen molar-refractivity contribution in [1.82, 2.24) is 10.6 Å². The molecule has 0 unspecified atom stereocenters. The van der Waals surface area contributed by atoms with Gasteiger partial charge in [0, 0.05) is 18.7 Å². The lowest BCUT2D eigenvalue weighted by atomic mass is 10.1. The van der Waals surface area contributed by atoms with Gasteiger partial charge in [-0.2, -0.15) is 0 Å². The molecule has 0 spiro atoms. The van der Waals surface area contributed by atoms with Gasteiger partial charge in [0.05, 0.1) is 6.10 Å². The van der Waals surface area contributed by atoms with Crippen molar-refractivity contribution >= 4 is 11.8 Å². The van der Waals surface area contributed by atoms with Crippen molar-refractivity contribution in [3.05, 3.63) is 29.8 Å². The number of ether oxygens (including phenoxy) is 2. The van der Waals surface area contributed by atoms with Gasteiger partial charge in [0.25, 0.3) is 5.91 Å². The number of nitrogens with one attached hydrogen (secondary N) is 2. The average Bonchev–Trinajstić information content (AvgIpc) is 3.09. The molecule has 0 aliphatic carbocycles. The molecule has 3 rings (SSSR count). The molecule has 1 aromatic carbocycles. The fourth-order valence-electron chi connectivity index (χ4n) is 2.82. The van der Waals surface area contributed by atoms with E-state index in [-0.39, 0.29) is 17.9 Å². The van der Waals surface area contributed by atoms with Crippen LogP contribution < -0.4 is 15.4 Å². The zero-order valence-corrected chi connectivity index (χ0v) is 13.0. The molecule has 2 fully saturated rings. The number of hydrogen-bond donors (Lipinski definition) is 2. The lowest BCUT2D eigenvalue weighted by Gasteiger charge is -2.22. The van der Waals surface area contributed by atoms with Crippen LogP contribution in [0, 0.1) is 0 Å². The van der Waals surface area contributed by atoms with E-state index in [9.17, 15) is 9.59 Å². The number of hydrogen-bond acceptors (Lipinski definition) is 4. The molecule has 2 aliphatic rings. The summed E-state index contributed by atoms with van der Waals surface area (Å²) in [5.41, 5.74) is 0.521. The number of rotatable bonds is 5. The summed E-state index contributed by atoms with van der Waals surface area (Å²) in [6.07, 6.45) is 3.85. The van der Waals surface area contributed by atoms with Crippen molar-refractivity contribution in [2.75, 3.05) is 19.8 Å². The summed E-state index contributed by atoms with van der Waals surface area (Å²) in [6, 6.07) is 6.52. The highest BCUT2D eigenvalue weighted by Crippen LogP contribution is 2.17. The van der Waals surface area contributed by atoms with Crippen molar-refractivity contribution in [2.24, 2.45) is 0 Å². The van der Waals surface area contributed by atoms with E-state index in [4.69, 9.17) is 9.47 Å². The largest absolute Gasteiger partial charge is 0.491 e. The molecule has 1 aromatic rings. The second kappa shape index (κ2) is 7.46. The van der Waals surface area contributed by atoms with Gasteiger partial charge in [-0.1, -0.05) is 0 Å². The van der Waals surface area contributed by atoms with Gasteiger partial charge in [-0.15, -0.1) is 0 Å². The summed E-state index contributed by atoms with van der Waals surface area (Å²) < 4.78 is 11.2. The van der Waals surface area contributed by atoms with Crippen LogP contribution in [0.1, 0.15) is 36.0 Å². The molecule has 2 aliphatic heterocycles. The molecule has 0 radical (unpaired) electrons. The van der Waals surface area contributed by atoms with Crippen molar-refractivity contribution in [3.63, 3.8) is 0 Å². The van der Waals surface area contributed by atoms with Crippen LogP contribution in [0.5, 0.6) is 5.75 Å². The summed E-state index contributed by atoms with van der Waals surface area (Å²) in [4.78, 5) is 23.9. The SMILES string of the molecule is O=C(N[C@@H]1CCCNC1=O)c1ccc(OC[C@@H]2CCCO2)cc1. The predicted octanol–water partition coefficient (Wildman–Crippen LogP) is 1.25. The molecule has 0 aromatic heterocycles. The lowest BCUT2D eigenvalue weighted by Crippen LogP contribution is -2.50. The Balaban J connectivity index is 1.51. The highest BCUT2D eigenvalue weighted by Gasteiger charge is 2.24. The standard InChI is InChI=1S/C17H22N2O4/c20-16(19-15-4-1-9-18-17(15)21)12-5-7-13(8-6-12)23-11-14-3-2-10-22-14/h5-8,14-15H,1-4,9-11H2,(H,18,21)(H,19,20)/t14-,15+/m0/s1. The first kappa shape index (κ1) is 15.8. The van der Waals surface area contributed by atoms with Crippen LogP contribution in [0.3, 0.4) is 0 Å². The molecule has 0 bridgehead atoms. The molecule has 2 heterocycles. The molecule has 0 saturated carbocycles. The van der Waals surface area contributed by atoms with Crippen LogP contribution in [-0.4, -0.2) is 43.7 Å². The molecule has 23 heavy (non-hydrogen) atoms. The molecule has 2 atom stereocenters. The average molecular weight is 318 g/mol. The zero-order valence-electron chi connectivity index (χ0n) is 13.0. The second-order valence-corrected chi connectivity index (χ2v) is 5.93. The molecule has 6 heteroatoms. The zero-order chi connectivity index (χ0) is 16.1. The minimum Gasteiger partial charge on any atom is -0.491 e. The first-order valence-electron chi connectivity index (χ1n) is 8.15. The van der Waals surface area contributed by atoms with E-state index in [2.05, 4.69) is 10.6 Å². The van der Waals surface area contributed by atoms with Crippen LogP contribution >= 0.6 is 0 Å². The second-order valence-electron chi connectivity index (χ2n) is 5.93. The number of carbonyl (C=O) groups is 2. The third-order valence-electron chi connectivity index (χ3n) is 4.17. The molecule has 124 valence electrons. The molecule has 6 nitrogen and oxygen atoms in total. The van der Waals surface area contributed by atoms with Gasteiger partial charge in [0.15, 0.2) is 0 Å². The summed E-state index contributed by atoms with van der Waals surface area (Å²) in [5, 5.41) is 5.53. The van der Waals surface area contributed by atoms with Crippen LogP contribution in [-0.2, 0) is 9.53 Å². The Bertz CT molecular complexity index is 552. The summed E-state index contributed by atoms with van der Waals surface area (Å²) >= 11 is 0. The summed E-state index contributed by atoms with van der Waals surface area (Å²) in [6.45, 7) is 2.03. The van der Waals surface area contributed by atoms with Gasteiger partial charge in [-0.25, -0.2) is 0 Å². The monoisotopic (exact) mass is 318 g/mol. The molecule has 2 N–H and O–H groups in total. The molecular weight excluding hydrogens is 296 g/mol. The number of carbonyl (C=O) groups excluding carboxylic acids is 2. The smallest absolute Gasteiger partial charge is 0.251 e. The number of amides is 2. The van der Waals surface area contributed by atoms with Crippen LogP contribution in [0.15, 0.2) is 24.3 Å². The summed E-state index contributed by atoms with van der Waals surface area (Å²) in [5.74, 6) is 0.367. The summed E-state index contributed by atoms with van der Waals surface area (Å²) in [7, 11) is 0. The fourth-order valence-corrected chi connectivity index (χ4v) is 2.82. The normalized spacial score (nSPS) is 24.1. The Labute approximate surface area is 135 Å². The minimum absolute atomic E-state index is 0.110. The first-order chi connectivity index (χ1) is 11.2. The van der Waals surface area contributed by atoms with Gasteiger partial charge in [-0.05, 0) is 49.9 Å². The quantitative estimate of drug-likeness (QED) is 0.857. The van der Waals surface area contributed by atoms with Crippen molar-refractivity contribution < 1.29 is 19.1 Å². The maximum atomic E-state index is 12.2. The topological polar surface area (TPSA) is 76.7 Å². The molecular formula is C17H22N2O4. The maximum absolute atomic E-state index is 12.2. The van der Waals surface area contributed by atoms with E-state index in [1.54, 1.807) is 24.3 Å². The fraction of sp³-hybridized carbons (Fsp3) is 0.529. The van der Waals surface area contributed by atoms with Crippen molar-refractivity contribution in [3.8, 4) is 5.75 Å². The maximum Gasteiger partial charge on any atom is 0.251 e. The first-order valence-corrected chi connectivity index (χ1v) is 8.15. The van der Waals surface area contributed by atoms with Gasteiger partial charge >= 0.3 is 0 Å². The number of benzene rings is 1. The highest BCUT2D eigenvalue weighted by molar-refractivity contribution is 5.97. The van der Waals surface area contributed by atoms with Gasteiger partial charge < -0.3 is 20.1 Å². The van der Waals surface area contributed by atoms with Gasteiger partial charge in [0.1, 0.15) is 18.4 Å². The Morgan fingerprint density at radius 2 is 2.09 bits per heavy atom. The van der Waals surface area contributed by atoms with Crippen molar-refractivity contribution in [1.29, 1.82) is 0 Å². The minimum atomic E-state index is -0.438. The van der Waals surface area contributed by atoms with E-state index < -0.39 is 6.04 Å². The Kier molecular flexibility index (Phi) is 5.12. The van der Waals surface area contributed by atoms with Crippen LogP contribution in [0.25, 0.3) is 0 Å². The van der Waals surface area contributed by atoms with E-state index in [0.717, 1.165) is 25.9 Å². The number of piperidine rings is 1. The van der Waals surface area contributed by atoms with Crippen LogP contribution in [0.4, 0.5) is 0 Å². The Morgan fingerprint density at radius 3 is 2.78 bits per heavy atom. The molecule has 2 amide bonds. The third kappa shape index (κ3) is 4.22. The third-order valence-corrected chi connectivity index (χ3v) is 4.17. The van der Waals surface area contributed by atoms with Crippen molar-refractivity contribution in [2.45, 2.75) is 37.8 Å². The van der Waals surface area contributed by atoms with E-state index in [1.807, 2.05) is 0 Å². The van der Waals surface area contributed by atoms with E-state index >= 15 is 0 Å². The Morgan fingerprint density at radius 1 is 1.26 bits per heavy atom. The van der Waals surface area contributed by atoms with Crippen LogP contribution in [0.2, 0.25) is 0 Å². The van der Waals surface area contributed by atoms with E-state index in [0.29, 0.717) is 30.9 Å². The van der Waals surface area contributed by atoms with Gasteiger partial charge in [-0.3, -0.25) is 9.59 Å². The molecule has 2 saturated heterocycles. The highest BCUT2D eigenvalue weighted by atomic mass is 16.5.